The molecule has 51 heavy (non-hydrogen) atoms. The first-order valence-corrected chi connectivity index (χ1v) is 23.4. The molecule has 0 spiro atoms. The van der Waals surface area contributed by atoms with Crippen LogP contribution in [0.1, 0.15) is 11.1 Å². The molecule has 0 N–H and O–H groups in total. The van der Waals surface area contributed by atoms with Crippen LogP contribution in [0.4, 0.5) is 0 Å². The van der Waals surface area contributed by atoms with Crippen LogP contribution >= 0.6 is 17.0 Å². The summed E-state index contributed by atoms with van der Waals surface area (Å²) in [5.74, 6) is 0. The van der Waals surface area contributed by atoms with E-state index >= 15 is 0 Å². The second kappa shape index (κ2) is 14.0. The fourth-order valence-corrected chi connectivity index (χ4v) is 7.94. The molecule has 0 amide bonds. The summed E-state index contributed by atoms with van der Waals surface area (Å²) in [6.45, 7) is 4.33. The second-order valence-electron chi connectivity index (χ2n) is 13.4. The monoisotopic (exact) mass is 776 g/mol. The van der Waals surface area contributed by atoms with Gasteiger partial charge in [-0.05, 0) is 47.5 Å². The van der Waals surface area contributed by atoms with E-state index in [1.165, 1.54) is 98.5 Å². The SMILES string of the molecule is Cc1cc2c(-c3ccc4c(c3)c3ccccc3n4C)cccc2[cH-]1.Cc1cc2c(-c3ccc4c(c3)c3ccccc3n4C)cccc2[cH-]1.[Cl][Zr+2][Cl]. The van der Waals surface area contributed by atoms with Gasteiger partial charge in [0, 0.05) is 57.7 Å². The number of aryl methyl sites for hydroxylation is 4. The quantitative estimate of drug-likeness (QED) is 0.155. The van der Waals surface area contributed by atoms with Gasteiger partial charge in [-0.15, -0.1) is 69.1 Å². The zero-order valence-corrected chi connectivity index (χ0v) is 33.0. The summed E-state index contributed by atoms with van der Waals surface area (Å²) in [5, 5.41) is 10.6. The van der Waals surface area contributed by atoms with Gasteiger partial charge in [0.25, 0.3) is 0 Å². The van der Waals surface area contributed by atoms with Crippen LogP contribution < -0.4 is 0 Å². The van der Waals surface area contributed by atoms with Gasteiger partial charge in [0.15, 0.2) is 0 Å². The summed E-state index contributed by atoms with van der Waals surface area (Å²) in [6, 6.07) is 53.2. The summed E-state index contributed by atoms with van der Waals surface area (Å²) in [4.78, 5) is 0. The Morgan fingerprint density at radius 2 is 0.824 bits per heavy atom. The molecule has 10 aromatic rings. The van der Waals surface area contributed by atoms with Gasteiger partial charge < -0.3 is 9.13 Å². The standard InChI is InChI=1S/2C23H18N.2ClH.Zr/c2*1-15-12-16-6-5-8-18(20(16)13-15)17-10-11-23-21(14-17)19-7-3-4-9-22(19)24(23)2;;;/h2*3-14H,1-2H3;2*1H;/q2*-1;;;+4/p-2. The van der Waals surface area contributed by atoms with Gasteiger partial charge in [-0.2, -0.15) is 12.1 Å². The zero-order chi connectivity index (χ0) is 35.2. The van der Waals surface area contributed by atoms with Crippen molar-refractivity contribution in [1.82, 2.24) is 9.13 Å². The first kappa shape index (κ1) is 33.7. The van der Waals surface area contributed by atoms with Crippen LogP contribution in [-0.2, 0) is 34.9 Å². The van der Waals surface area contributed by atoms with E-state index in [1.54, 1.807) is 0 Å². The molecule has 0 unspecified atom stereocenters. The van der Waals surface area contributed by atoms with Crippen LogP contribution in [0, 0.1) is 13.8 Å². The molecule has 10 rings (SSSR count). The van der Waals surface area contributed by atoms with Crippen LogP contribution in [0.2, 0.25) is 0 Å². The molecule has 2 heterocycles. The summed E-state index contributed by atoms with van der Waals surface area (Å²) in [6.07, 6.45) is 0. The molecule has 0 aliphatic carbocycles. The van der Waals surface area contributed by atoms with Crippen LogP contribution in [0.15, 0.2) is 146 Å². The van der Waals surface area contributed by atoms with Gasteiger partial charge in [-0.3, -0.25) is 0 Å². The van der Waals surface area contributed by atoms with Crippen molar-refractivity contribution in [1.29, 1.82) is 0 Å². The van der Waals surface area contributed by atoms with E-state index in [-0.39, 0.29) is 0 Å². The number of aromatic nitrogens is 2. The van der Waals surface area contributed by atoms with E-state index < -0.39 is 20.8 Å². The number of hydrogen-bond acceptors (Lipinski definition) is 0. The first-order valence-electron chi connectivity index (χ1n) is 17.1. The van der Waals surface area contributed by atoms with E-state index in [2.05, 4.69) is 183 Å². The first-order chi connectivity index (χ1) is 24.9. The third-order valence-electron chi connectivity index (χ3n) is 10.2. The van der Waals surface area contributed by atoms with Crippen molar-refractivity contribution in [3.05, 3.63) is 157 Å². The minimum absolute atomic E-state index is 0.826. The summed E-state index contributed by atoms with van der Waals surface area (Å²) in [7, 11) is 14.2. The van der Waals surface area contributed by atoms with E-state index in [0.717, 1.165) is 0 Å². The molecular weight excluding hydrogens is 743 g/mol. The number of benzene rings is 6. The van der Waals surface area contributed by atoms with Gasteiger partial charge in [0.2, 0.25) is 0 Å². The predicted molar refractivity (Wildman–Crippen MR) is 219 cm³/mol. The van der Waals surface area contributed by atoms with Crippen molar-refractivity contribution >= 4 is 82.2 Å². The number of fused-ring (bicyclic) bond motifs is 8. The van der Waals surface area contributed by atoms with Crippen molar-refractivity contribution in [3.63, 3.8) is 0 Å². The average molecular weight is 779 g/mol. The molecule has 2 nitrogen and oxygen atoms in total. The third-order valence-corrected chi connectivity index (χ3v) is 10.2. The van der Waals surface area contributed by atoms with E-state index in [1.807, 2.05) is 0 Å². The molecule has 0 bridgehead atoms. The van der Waals surface area contributed by atoms with Crippen molar-refractivity contribution in [2.45, 2.75) is 13.8 Å². The Morgan fingerprint density at radius 3 is 1.25 bits per heavy atom. The maximum absolute atomic E-state index is 4.93. The van der Waals surface area contributed by atoms with Crippen LogP contribution in [0.5, 0.6) is 0 Å². The van der Waals surface area contributed by atoms with Crippen LogP contribution in [0.25, 0.3) is 87.4 Å². The molecular formula is C46H36Cl2N2Zr. The van der Waals surface area contributed by atoms with Crippen molar-refractivity contribution in [2.24, 2.45) is 14.1 Å². The predicted octanol–water partition coefficient (Wildman–Crippen LogP) is 13.7. The Labute approximate surface area is 316 Å². The number of rotatable bonds is 2. The molecule has 0 saturated heterocycles. The maximum atomic E-state index is 4.93. The van der Waals surface area contributed by atoms with Crippen molar-refractivity contribution in [2.75, 3.05) is 0 Å². The van der Waals surface area contributed by atoms with Crippen LogP contribution in [-0.4, -0.2) is 9.13 Å². The minimum atomic E-state index is -0.826. The van der Waals surface area contributed by atoms with Gasteiger partial charge in [-0.25, -0.2) is 0 Å². The fraction of sp³-hybridized carbons (Fsp3) is 0.0870. The third kappa shape index (κ3) is 6.06. The fourth-order valence-electron chi connectivity index (χ4n) is 7.94. The Balaban J connectivity index is 0.000000136. The van der Waals surface area contributed by atoms with Gasteiger partial charge >= 0.3 is 37.9 Å². The zero-order valence-electron chi connectivity index (χ0n) is 29.0. The van der Waals surface area contributed by atoms with Crippen molar-refractivity contribution < 1.29 is 20.8 Å². The normalized spacial score (nSPS) is 11.3. The van der Waals surface area contributed by atoms with E-state index in [4.69, 9.17) is 17.0 Å². The molecule has 248 valence electrons. The number of nitrogens with zero attached hydrogens (tertiary/aromatic N) is 2. The molecule has 5 heteroatoms. The average Bonchev–Trinajstić information content (AvgIpc) is 3.89. The van der Waals surface area contributed by atoms with Gasteiger partial charge in [0.05, 0.1) is 0 Å². The number of para-hydroxylation sites is 2. The van der Waals surface area contributed by atoms with Gasteiger partial charge in [-0.1, -0.05) is 85.6 Å². The molecule has 0 saturated carbocycles. The summed E-state index contributed by atoms with van der Waals surface area (Å²) >= 11 is -0.826. The van der Waals surface area contributed by atoms with E-state index in [0.29, 0.717) is 0 Å². The Morgan fingerprint density at radius 1 is 0.431 bits per heavy atom. The topological polar surface area (TPSA) is 9.86 Å². The van der Waals surface area contributed by atoms with Crippen molar-refractivity contribution in [3.8, 4) is 22.3 Å². The summed E-state index contributed by atoms with van der Waals surface area (Å²) < 4.78 is 4.56. The number of halogens is 2. The Hall–Kier alpha value is -4.40. The number of hydrogen-bond donors (Lipinski definition) is 0. The molecule has 0 atom stereocenters. The molecule has 0 fully saturated rings. The molecule has 0 radical (unpaired) electrons. The molecule has 8 aromatic carbocycles. The molecule has 2 aromatic heterocycles. The van der Waals surface area contributed by atoms with E-state index in [9.17, 15) is 0 Å². The molecule has 0 aliphatic rings. The van der Waals surface area contributed by atoms with Crippen LogP contribution in [0.3, 0.4) is 0 Å². The molecule has 0 aliphatic heterocycles. The Kier molecular flexibility index (Phi) is 9.24. The second-order valence-corrected chi connectivity index (χ2v) is 17.1. The van der Waals surface area contributed by atoms with Gasteiger partial charge in [0.1, 0.15) is 0 Å². The Bertz CT molecular complexity index is 2670. The summed E-state index contributed by atoms with van der Waals surface area (Å²) in [5.41, 5.74) is 13.0.